The molecule has 0 heterocycles. The van der Waals surface area contributed by atoms with Gasteiger partial charge in [-0.3, -0.25) is 0 Å². The first-order chi connectivity index (χ1) is 10.2. The molecule has 0 aromatic heterocycles. The lowest BCUT2D eigenvalue weighted by Crippen LogP contribution is -1.90. The zero-order valence-corrected chi connectivity index (χ0v) is 11.5. The molecule has 0 aliphatic heterocycles. The third-order valence-corrected chi connectivity index (χ3v) is 2.83. The highest BCUT2D eigenvalue weighted by Gasteiger charge is 2.05. The zero-order chi connectivity index (χ0) is 15.1. The Hall–Kier alpha value is -2.43. The van der Waals surface area contributed by atoms with E-state index in [4.69, 9.17) is 9.57 Å². The largest absolute Gasteiger partial charge is 0.497 e. The number of halogens is 2. The van der Waals surface area contributed by atoms with Gasteiger partial charge in [0.05, 0.1) is 13.3 Å². The van der Waals surface area contributed by atoms with Crippen LogP contribution in [0.25, 0.3) is 0 Å². The molecular weight excluding hydrogens is 276 g/mol. The summed E-state index contributed by atoms with van der Waals surface area (Å²) in [5.41, 5.74) is 1.63. The van der Waals surface area contributed by atoms with Crippen LogP contribution in [0.4, 0.5) is 8.78 Å². The van der Waals surface area contributed by atoms with Crippen molar-refractivity contribution in [2.24, 2.45) is 5.16 Å². The van der Waals surface area contributed by atoms with Crippen LogP contribution in [-0.4, -0.2) is 13.3 Å². The second-order valence-electron chi connectivity index (χ2n) is 4.33. The van der Waals surface area contributed by atoms with E-state index >= 15 is 0 Å². The minimum absolute atomic E-state index is 0.00127. The lowest BCUT2D eigenvalue weighted by Gasteiger charge is -2.03. The molecule has 2 rings (SSSR count). The van der Waals surface area contributed by atoms with Crippen molar-refractivity contribution < 1.29 is 18.4 Å². The Morgan fingerprint density at radius 1 is 1.14 bits per heavy atom. The summed E-state index contributed by atoms with van der Waals surface area (Å²) < 4.78 is 29.9. The standard InChI is InChI=1S/C16H15F2NO2/c1-20-15-4-2-3-13(9-15)10-19-21-11-12-5-7-14(8-6-12)16(17)18/h2-10,16H,11H2,1H3. The number of benzene rings is 2. The minimum Gasteiger partial charge on any atom is -0.497 e. The quantitative estimate of drug-likeness (QED) is 0.590. The van der Waals surface area contributed by atoms with Gasteiger partial charge in [0.15, 0.2) is 0 Å². The molecular formula is C16H15F2NO2. The van der Waals surface area contributed by atoms with Gasteiger partial charge in [0, 0.05) is 5.56 Å². The molecule has 0 aliphatic carbocycles. The predicted octanol–water partition coefficient (Wildman–Crippen LogP) is 4.18. The Morgan fingerprint density at radius 3 is 2.57 bits per heavy atom. The van der Waals surface area contributed by atoms with Crippen molar-refractivity contribution in [3.63, 3.8) is 0 Å². The molecule has 0 unspecified atom stereocenters. The Balaban J connectivity index is 1.87. The number of nitrogens with zero attached hydrogens (tertiary/aromatic N) is 1. The number of methoxy groups -OCH3 is 1. The van der Waals surface area contributed by atoms with Crippen LogP contribution in [-0.2, 0) is 11.4 Å². The molecule has 0 N–H and O–H groups in total. The van der Waals surface area contributed by atoms with Crippen LogP contribution in [0.1, 0.15) is 23.1 Å². The first-order valence-electron chi connectivity index (χ1n) is 6.35. The maximum absolute atomic E-state index is 12.4. The van der Waals surface area contributed by atoms with Crippen LogP contribution in [0.15, 0.2) is 53.7 Å². The van der Waals surface area contributed by atoms with Crippen LogP contribution < -0.4 is 4.74 Å². The van der Waals surface area contributed by atoms with Crippen LogP contribution in [0.5, 0.6) is 5.75 Å². The second-order valence-corrected chi connectivity index (χ2v) is 4.33. The molecule has 0 spiro atoms. The van der Waals surface area contributed by atoms with Gasteiger partial charge in [-0.2, -0.15) is 0 Å². The van der Waals surface area contributed by atoms with Gasteiger partial charge in [-0.15, -0.1) is 0 Å². The summed E-state index contributed by atoms with van der Waals surface area (Å²) in [5, 5.41) is 3.84. The van der Waals surface area contributed by atoms with Crippen molar-refractivity contribution in [3.8, 4) is 5.75 Å². The molecule has 0 bridgehead atoms. The van der Waals surface area contributed by atoms with Crippen molar-refractivity contribution in [3.05, 3.63) is 65.2 Å². The molecule has 0 radical (unpaired) electrons. The highest BCUT2D eigenvalue weighted by Crippen LogP contribution is 2.19. The van der Waals surface area contributed by atoms with Crippen LogP contribution in [0.2, 0.25) is 0 Å². The summed E-state index contributed by atoms with van der Waals surface area (Å²) >= 11 is 0. The number of alkyl halides is 2. The third kappa shape index (κ3) is 4.56. The molecule has 0 fully saturated rings. The molecule has 2 aromatic carbocycles. The van der Waals surface area contributed by atoms with Gasteiger partial charge < -0.3 is 9.57 Å². The van der Waals surface area contributed by atoms with Crippen LogP contribution in [0.3, 0.4) is 0 Å². The molecule has 110 valence electrons. The van der Waals surface area contributed by atoms with Gasteiger partial charge in [-0.05, 0) is 23.3 Å². The average molecular weight is 291 g/mol. The van der Waals surface area contributed by atoms with Gasteiger partial charge in [-0.1, -0.05) is 41.6 Å². The van der Waals surface area contributed by atoms with Crippen molar-refractivity contribution in [2.75, 3.05) is 7.11 Å². The van der Waals surface area contributed by atoms with E-state index in [0.29, 0.717) is 0 Å². The monoisotopic (exact) mass is 291 g/mol. The van der Waals surface area contributed by atoms with Gasteiger partial charge in [0.25, 0.3) is 6.43 Å². The van der Waals surface area contributed by atoms with Gasteiger partial charge in [0.2, 0.25) is 0 Å². The number of oxime groups is 1. The average Bonchev–Trinajstić information content (AvgIpc) is 2.52. The molecule has 0 aliphatic rings. The molecule has 0 saturated carbocycles. The maximum Gasteiger partial charge on any atom is 0.263 e. The summed E-state index contributed by atoms with van der Waals surface area (Å²) in [6.07, 6.45) is -0.887. The molecule has 5 heteroatoms. The fourth-order valence-corrected chi connectivity index (χ4v) is 1.69. The third-order valence-electron chi connectivity index (χ3n) is 2.83. The van der Waals surface area contributed by atoms with E-state index in [-0.39, 0.29) is 12.2 Å². The summed E-state index contributed by atoms with van der Waals surface area (Å²) in [4.78, 5) is 5.14. The van der Waals surface area contributed by atoms with E-state index in [2.05, 4.69) is 5.16 Å². The summed E-state index contributed by atoms with van der Waals surface area (Å²) in [7, 11) is 1.59. The summed E-state index contributed by atoms with van der Waals surface area (Å²) in [6.45, 7) is 0.226. The Bertz CT molecular complexity index is 597. The maximum atomic E-state index is 12.4. The Labute approximate surface area is 121 Å². The highest BCUT2D eigenvalue weighted by atomic mass is 19.3. The van der Waals surface area contributed by atoms with E-state index in [9.17, 15) is 8.78 Å². The van der Waals surface area contributed by atoms with E-state index in [1.807, 2.05) is 24.3 Å². The second kappa shape index (κ2) is 7.38. The van der Waals surface area contributed by atoms with E-state index in [1.165, 1.54) is 12.1 Å². The summed E-state index contributed by atoms with van der Waals surface area (Å²) in [5.74, 6) is 0.738. The van der Waals surface area contributed by atoms with Gasteiger partial charge >= 0.3 is 0 Å². The summed E-state index contributed by atoms with van der Waals surface area (Å²) in [6, 6.07) is 13.3. The van der Waals surface area contributed by atoms with Crippen LogP contribution in [0, 0.1) is 0 Å². The number of hydrogen-bond donors (Lipinski definition) is 0. The van der Waals surface area contributed by atoms with Crippen molar-refractivity contribution >= 4 is 6.21 Å². The van der Waals surface area contributed by atoms with Gasteiger partial charge in [-0.25, -0.2) is 8.78 Å². The van der Waals surface area contributed by atoms with Crippen molar-refractivity contribution in [1.29, 1.82) is 0 Å². The highest BCUT2D eigenvalue weighted by molar-refractivity contribution is 5.79. The number of ether oxygens (including phenoxy) is 1. The predicted molar refractivity (Wildman–Crippen MR) is 76.8 cm³/mol. The first kappa shape index (κ1) is 15.0. The molecule has 0 amide bonds. The minimum atomic E-state index is -2.45. The molecule has 0 atom stereocenters. The van der Waals surface area contributed by atoms with Crippen LogP contribution >= 0.6 is 0 Å². The molecule has 21 heavy (non-hydrogen) atoms. The van der Waals surface area contributed by atoms with Crippen molar-refractivity contribution in [1.82, 2.24) is 0 Å². The lowest BCUT2D eigenvalue weighted by molar-refractivity contribution is 0.131. The molecule has 3 nitrogen and oxygen atoms in total. The smallest absolute Gasteiger partial charge is 0.263 e. The lowest BCUT2D eigenvalue weighted by atomic mass is 10.1. The van der Waals surface area contributed by atoms with E-state index in [0.717, 1.165) is 16.9 Å². The molecule has 2 aromatic rings. The fourth-order valence-electron chi connectivity index (χ4n) is 1.69. The molecule has 0 saturated heterocycles. The number of rotatable bonds is 6. The normalized spacial score (nSPS) is 11.0. The topological polar surface area (TPSA) is 30.8 Å². The SMILES string of the molecule is COc1cccc(C=NOCc2ccc(C(F)F)cc2)c1. The van der Waals surface area contributed by atoms with E-state index < -0.39 is 6.43 Å². The fraction of sp³-hybridized carbons (Fsp3) is 0.188. The zero-order valence-electron chi connectivity index (χ0n) is 11.5. The van der Waals surface area contributed by atoms with Crippen molar-refractivity contribution in [2.45, 2.75) is 13.0 Å². The van der Waals surface area contributed by atoms with E-state index in [1.54, 1.807) is 25.5 Å². The Kier molecular flexibility index (Phi) is 5.26. The Morgan fingerprint density at radius 2 is 1.90 bits per heavy atom. The van der Waals surface area contributed by atoms with Gasteiger partial charge in [0.1, 0.15) is 12.4 Å². The first-order valence-corrected chi connectivity index (χ1v) is 6.35. The number of hydrogen-bond acceptors (Lipinski definition) is 3.